The van der Waals surface area contributed by atoms with Crippen molar-refractivity contribution < 1.29 is 18.0 Å². The Hall–Kier alpha value is -4.08. The molecule has 0 bridgehead atoms. The molecule has 0 aliphatic rings. The summed E-state index contributed by atoms with van der Waals surface area (Å²) in [6.07, 6.45) is -0.553. The van der Waals surface area contributed by atoms with Crippen molar-refractivity contribution in [3.63, 3.8) is 0 Å². The van der Waals surface area contributed by atoms with Crippen LogP contribution in [0.5, 0.6) is 0 Å². The molecule has 2 aromatic carbocycles. The van der Waals surface area contributed by atoms with Gasteiger partial charge in [-0.1, -0.05) is 31.2 Å². The topological polar surface area (TPSA) is 97.3 Å². The molecule has 4 aromatic rings. The quantitative estimate of drug-likeness (QED) is 0.406. The third-order valence-electron chi connectivity index (χ3n) is 4.97. The van der Waals surface area contributed by atoms with E-state index in [0.717, 1.165) is 29.2 Å². The number of hydrogen-bond acceptors (Lipinski definition) is 4. The van der Waals surface area contributed by atoms with Crippen LogP contribution in [0.15, 0.2) is 61.1 Å². The van der Waals surface area contributed by atoms with E-state index in [-0.39, 0.29) is 5.69 Å². The average molecular weight is 440 g/mol. The molecule has 4 N–H and O–H groups in total. The number of aromatic nitrogens is 3. The highest BCUT2D eigenvalue weighted by atomic mass is 19.4. The third-order valence-corrected chi connectivity index (χ3v) is 4.97. The van der Waals surface area contributed by atoms with E-state index >= 15 is 0 Å². The Bertz CT molecular complexity index is 1280. The summed E-state index contributed by atoms with van der Waals surface area (Å²) in [7, 11) is 0. The number of nitrogens with zero attached hydrogens (tertiary/aromatic N) is 3. The fourth-order valence-electron chi connectivity index (χ4n) is 3.52. The van der Waals surface area contributed by atoms with Crippen LogP contribution in [0.2, 0.25) is 0 Å². The van der Waals surface area contributed by atoms with E-state index in [9.17, 15) is 18.0 Å². The highest BCUT2D eigenvalue weighted by molar-refractivity contribution is 6.00. The molecule has 164 valence electrons. The minimum absolute atomic E-state index is 0.322. The lowest BCUT2D eigenvalue weighted by Crippen LogP contribution is -2.21. The minimum atomic E-state index is -4.58. The van der Waals surface area contributed by atoms with Crippen molar-refractivity contribution in [2.24, 2.45) is 0 Å². The van der Waals surface area contributed by atoms with Gasteiger partial charge in [0.05, 0.1) is 11.3 Å². The summed E-state index contributed by atoms with van der Waals surface area (Å²) in [5.41, 5.74) is 8.68. The molecule has 0 saturated carbocycles. The maximum absolute atomic E-state index is 13.1. The van der Waals surface area contributed by atoms with Gasteiger partial charge in [-0.15, -0.1) is 0 Å². The number of amides is 2. The van der Waals surface area contributed by atoms with Crippen molar-refractivity contribution in [3.05, 3.63) is 72.2 Å². The van der Waals surface area contributed by atoms with E-state index < -0.39 is 17.8 Å². The van der Waals surface area contributed by atoms with Crippen LogP contribution in [-0.4, -0.2) is 20.6 Å². The molecule has 2 heterocycles. The van der Waals surface area contributed by atoms with Crippen molar-refractivity contribution >= 4 is 28.7 Å². The fourth-order valence-corrected chi connectivity index (χ4v) is 3.52. The van der Waals surface area contributed by atoms with Gasteiger partial charge in [-0.3, -0.25) is 0 Å². The Morgan fingerprint density at radius 2 is 1.81 bits per heavy atom. The molecule has 2 aromatic heterocycles. The van der Waals surface area contributed by atoms with Crippen molar-refractivity contribution in [2.75, 3.05) is 16.4 Å². The number of rotatable bonds is 4. The molecule has 4 rings (SSSR count). The number of nitrogen functional groups attached to an aromatic ring is 1. The number of urea groups is 1. The van der Waals surface area contributed by atoms with Crippen LogP contribution in [0, 0.1) is 0 Å². The molecule has 2 amide bonds. The summed E-state index contributed by atoms with van der Waals surface area (Å²) < 4.78 is 41.0. The van der Waals surface area contributed by atoms with Crippen molar-refractivity contribution in [3.8, 4) is 11.1 Å². The van der Waals surface area contributed by atoms with E-state index in [1.807, 2.05) is 13.1 Å². The van der Waals surface area contributed by atoms with Gasteiger partial charge < -0.3 is 16.4 Å². The summed E-state index contributed by atoms with van der Waals surface area (Å²) in [6.45, 7) is 2.01. The Morgan fingerprint density at radius 3 is 2.50 bits per heavy atom. The Labute approximate surface area is 181 Å². The molecule has 0 atom stereocenters. The number of aryl methyl sites for hydroxylation is 1. The number of nitrogens with two attached hydrogens (primary N) is 1. The van der Waals surface area contributed by atoms with Gasteiger partial charge in [-0.25, -0.2) is 14.3 Å². The predicted octanol–water partition coefficient (Wildman–Crippen LogP) is 5.20. The van der Waals surface area contributed by atoms with E-state index in [4.69, 9.17) is 5.73 Å². The summed E-state index contributed by atoms with van der Waals surface area (Å²) in [5.74, 6) is 0.347. The van der Waals surface area contributed by atoms with Crippen LogP contribution < -0.4 is 16.4 Å². The molecule has 10 heteroatoms. The predicted molar refractivity (Wildman–Crippen MR) is 116 cm³/mol. The number of anilines is 3. The second-order valence-corrected chi connectivity index (χ2v) is 7.02. The zero-order valence-corrected chi connectivity index (χ0v) is 16.9. The Morgan fingerprint density at radius 1 is 1.09 bits per heavy atom. The first-order valence-corrected chi connectivity index (χ1v) is 9.73. The normalized spacial score (nSPS) is 11.5. The lowest BCUT2D eigenvalue weighted by atomic mass is 10.0. The number of alkyl halides is 3. The first kappa shape index (κ1) is 21.2. The van der Waals surface area contributed by atoms with Crippen LogP contribution in [0.3, 0.4) is 0 Å². The number of nitrogens with one attached hydrogen (secondary N) is 2. The molecular formula is C22H19F3N6O. The standard InChI is InChI=1S/C22H19F3N6O/c1-2-13-11-31-19(20(26)27-12-28-31)18(13)14-7-9-15(10-8-14)29-21(32)30-17-6-4-3-5-16(17)22(23,24)25/h3-12H,2H2,1H3,(H2,26,27,28)(H2,29,30,32). The summed E-state index contributed by atoms with van der Waals surface area (Å²) in [6, 6.07) is 10.9. The Balaban J connectivity index is 1.56. The molecule has 0 saturated heterocycles. The molecule has 0 radical (unpaired) electrons. The van der Waals surface area contributed by atoms with Crippen LogP contribution >= 0.6 is 0 Å². The number of benzene rings is 2. The molecule has 0 aliphatic carbocycles. The van der Waals surface area contributed by atoms with E-state index in [2.05, 4.69) is 20.7 Å². The average Bonchev–Trinajstić information content (AvgIpc) is 3.14. The van der Waals surface area contributed by atoms with Gasteiger partial charge in [0, 0.05) is 17.4 Å². The van der Waals surface area contributed by atoms with Gasteiger partial charge >= 0.3 is 12.2 Å². The number of carbonyl (C=O) groups is 1. The number of hydrogen-bond donors (Lipinski definition) is 3. The van der Waals surface area contributed by atoms with E-state index in [1.54, 1.807) is 28.8 Å². The zero-order chi connectivity index (χ0) is 22.9. The van der Waals surface area contributed by atoms with Crippen LogP contribution in [0.4, 0.5) is 35.2 Å². The lowest BCUT2D eigenvalue weighted by Gasteiger charge is -2.14. The lowest BCUT2D eigenvalue weighted by molar-refractivity contribution is -0.136. The molecular weight excluding hydrogens is 421 g/mol. The maximum Gasteiger partial charge on any atom is 0.418 e. The highest BCUT2D eigenvalue weighted by Gasteiger charge is 2.33. The van der Waals surface area contributed by atoms with Gasteiger partial charge in [-0.2, -0.15) is 18.3 Å². The second kappa shape index (κ2) is 8.22. The maximum atomic E-state index is 13.1. The van der Waals surface area contributed by atoms with E-state index in [0.29, 0.717) is 17.0 Å². The Kier molecular flexibility index (Phi) is 5.43. The van der Waals surface area contributed by atoms with Gasteiger partial charge in [0.1, 0.15) is 11.8 Å². The molecule has 0 unspecified atom stereocenters. The smallest absolute Gasteiger partial charge is 0.382 e. The van der Waals surface area contributed by atoms with Crippen LogP contribution in [0.25, 0.3) is 16.6 Å². The molecule has 0 fully saturated rings. The fraction of sp³-hybridized carbons (Fsp3) is 0.136. The molecule has 7 nitrogen and oxygen atoms in total. The number of halogens is 3. The number of fused-ring (bicyclic) bond motifs is 1. The van der Waals surface area contributed by atoms with Crippen molar-refractivity contribution in [1.29, 1.82) is 0 Å². The zero-order valence-electron chi connectivity index (χ0n) is 16.9. The third kappa shape index (κ3) is 4.07. The highest BCUT2D eigenvalue weighted by Crippen LogP contribution is 2.35. The molecule has 32 heavy (non-hydrogen) atoms. The van der Waals surface area contributed by atoms with Gasteiger partial charge in [0.25, 0.3) is 0 Å². The van der Waals surface area contributed by atoms with Crippen molar-refractivity contribution in [1.82, 2.24) is 14.6 Å². The minimum Gasteiger partial charge on any atom is -0.382 e. The van der Waals surface area contributed by atoms with Gasteiger partial charge in [-0.05, 0) is 41.8 Å². The van der Waals surface area contributed by atoms with Crippen LogP contribution in [-0.2, 0) is 12.6 Å². The molecule has 0 spiro atoms. The van der Waals surface area contributed by atoms with Crippen LogP contribution in [0.1, 0.15) is 18.1 Å². The number of carbonyl (C=O) groups excluding carboxylic acids is 1. The summed E-state index contributed by atoms with van der Waals surface area (Å²) in [5, 5.41) is 9.00. The van der Waals surface area contributed by atoms with E-state index in [1.165, 1.54) is 24.5 Å². The summed E-state index contributed by atoms with van der Waals surface area (Å²) in [4.78, 5) is 16.3. The largest absolute Gasteiger partial charge is 0.418 e. The SMILES string of the molecule is CCc1cn2ncnc(N)c2c1-c1ccc(NC(=O)Nc2ccccc2C(F)(F)F)cc1. The first-order chi connectivity index (χ1) is 15.3. The number of para-hydroxylation sites is 1. The van der Waals surface area contributed by atoms with Gasteiger partial charge in [0.15, 0.2) is 5.82 Å². The first-order valence-electron chi connectivity index (χ1n) is 9.73. The summed E-state index contributed by atoms with van der Waals surface area (Å²) >= 11 is 0. The molecule has 0 aliphatic heterocycles. The monoisotopic (exact) mass is 440 g/mol. The van der Waals surface area contributed by atoms with Crippen molar-refractivity contribution in [2.45, 2.75) is 19.5 Å². The second-order valence-electron chi connectivity index (χ2n) is 7.02. The van der Waals surface area contributed by atoms with Gasteiger partial charge in [0.2, 0.25) is 0 Å².